The highest BCUT2D eigenvalue weighted by molar-refractivity contribution is 5.98. The van der Waals surface area contributed by atoms with E-state index in [1.54, 1.807) is 6.08 Å². The third-order valence-corrected chi connectivity index (χ3v) is 7.21. The molecule has 1 unspecified atom stereocenters. The van der Waals surface area contributed by atoms with E-state index < -0.39 is 0 Å². The number of piperidine rings is 1. The van der Waals surface area contributed by atoms with Crippen LogP contribution in [0.5, 0.6) is 11.5 Å². The summed E-state index contributed by atoms with van der Waals surface area (Å²) in [5, 5.41) is 5.70. The van der Waals surface area contributed by atoms with Crippen molar-refractivity contribution in [1.82, 2.24) is 29.5 Å². The Morgan fingerprint density at radius 3 is 2.62 bits per heavy atom. The number of carbonyl (C=O) groups excluding carboxylic acids is 1. The zero-order valence-corrected chi connectivity index (χ0v) is 22.7. The van der Waals surface area contributed by atoms with Gasteiger partial charge in [0, 0.05) is 37.3 Å². The van der Waals surface area contributed by atoms with Crippen molar-refractivity contribution in [3.05, 3.63) is 73.1 Å². The van der Waals surface area contributed by atoms with Gasteiger partial charge in [-0.3, -0.25) is 4.79 Å². The van der Waals surface area contributed by atoms with E-state index in [-0.39, 0.29) is 11.9 Å². The van der Waals surface area contributed by atoms with Gasteiger partial charge in [0.25, 0.3) is 0 Å². The maximum absolute atomic E-state index is 13.0. The Balaban J connectivity index is 1.38. The molecule has 1 aliphatic rings. The molecular formula is C30H35N7O2. The van der Waals surface area contributed by atoms with Gasteiger partial charge in [0.05, 0.1) is 11.4 Å². The number of amides is 1. The number of hydrogen-bond donors (Lipinski definition) is 1. The quantitative estimate of drug-likeness (QED) is 0.326. The van der Waals surface area contributed by atoms with E-state index in [4.69, 9.17) is 15.6 Å². The summed E-state index contributed by atoms with van der Waals surface area (Å²) >= 11 is 0. The summed E-state index contributed by atoms with van der Waals surface area (Å²) in [5.41, 5.74) is 8.62. The molecule has 2 N–H and O–H groups in total. The van der Waals surface area contributed by atoms with Gasteiger partial charge < -0.3 is 20.3 Å². The molecule has 0 radical (unpaired) electrons. The molecule has 1 aliphatic heterocycles. The Labute approximate surface area is 228 Å². The Kier molecular flexibility index (Phi) is 7.88. The molecule has 2 aromatic heterocycles. The first-order valence-corrected chi connectivity index (χ1v) is 13.4. The maximum atomic E-state index is 13.0. The fourth-order valence-corrected chi connectivity index (χ4v) is 4.75. The number of anilines is 1. The number of benzene rings is 2. The van der Waals surface area contributed by atoms with Crippen LogP contribution in [0.25, 0.3) is 22.3 Å². The van der Waals surface area contributed by atoms with Gasteiger partial charge in [-0.25, -0.2) is 14.6 Å². The Morgan fingerprint density at radius 1 is 1.13 bits per heavy atom. The van der Waals surface area contributed by atoms with Gasteiger partial charge >= 0.3 is 0 Å². The number of fused-ring (bicyclic) bond motifs is 1. The summed E-state index contributed by atoms with van der Waals surface area (Å²) in [5.74, 6) is 1.91. The highest BCUT2D eigenvalue weighted by Crippen LogP contribution is 2.34. The van der Waals surface area contributed by atoms with Gasteiger partial charge in [-0.1, -0.05) is 24.3 Å². The molecule has 0 saturated carbocycles. The van der Waals surface area contributed by atoms with Gasteiger partial charge in [0.2, 0.25) is 5.91 Å². The molecule has 5 rings (SSSR count). The molecule has 9 heteroatoms. The number of rotatable bonds is 8. The zero-order chi connectivity index (χ0) is 27.4. The molecule has 0 bridgehead atoms. The molecule has 202 valence electrons. The van der Waals surface area contributed by atoms with Crippen LogP contribution in [0, 0.1) is 0 Å². The van der Waals surface area contributed by atoms with E-state index in [0.29, 0.717) is 29.4 Å². The lowest BCUT2D eigenvalue weighted by atomic mass is 10.1. The number of hydrogen-bond acceptors (Lipinski definition) is 7. The predicted octanol–water partition coefficient (Wildman–Crippen LogP) is 4.93. The fraction of sp³-hybridized carbons (Fsp3) is 0.333. The number of para-hydroxylation sites is 1. The number of ether oxygens (including phenoxy) is 1. The first-order valence-electron chi connectivity index (χ1n) is 13.4. The molecule has 4 aromatic rings. The van der Waals surface area contributed by atoms with E-state index in [0.717, 1.165) is 48.7 Å². The second kappa shape index (κ2) is 11.7. The van der Waals surface area contributed by atoms with E-state index in [1.165, 1.54) is 6.33 Å². The maximum Gasteiger partial charge on any atom is 0.246 e. The summed E-state index contributed by atoms with van der Waals surface area (Å²) in [4.78, 5) is 25.8. The Hall–Kier alpha value is -4.24. The number of nitrogens with two attached hydrogens (primary N) is 1. The lowest BCUT2D eigenvalue weighted by Gasteiger charge is -2.32. The summed E-state index contributed by atoms with van der Waals surface area (Å²) < 4.78 is 7.87. The lowest BCUT2D eigenvalue weighted by Crippen LogP contribution is -2.40. The molecule has 0 spiro atoms. The topological polar surface area (TPSA) is 102 Å². The van der Waals surface area contributed by atoms with Crippen molar-refractivity contribution in [3.63, 3.8) is 0 Å². The predicted molar refractivity (Wildman–Crippen MR) is 153 cm³/mol. The third kappa shape index (κ3) is 5.93. The van der Waals surface area contributed by atoms with Crippen molar-refractivity contribution in [2.75, 3.05) is 32.4 Å². The lowest BCUT2D eigenvalue weighted by molar-refractivity contribution is -0.127. The number of likely N-dealkylation sites (N-methyl/N-ethyl adjacent to an activating group) is 1. The molecule has 1 amide bonds. The van der Waals surface area contributed by atoms with Crippen molar-refractivity contribution in [3.8, 4) is 22.8 Å². The summed E-state index contributed by atoms with van der Waals surface area (Å²) in [7, 11) is 2.05. The number of nitrogens with zero attached hydrogens (tertiary/aromatic N) is 6. The van der Waals surface area contributed by atoms with Gasteiger partial charge in [-0.2, -0.15) is 5.10 Å². The minimum absolute atomic E-state index is 0.0133. The van der Waals surface area contributed by atoms with Crippen LogP contribution < -0.4 is 10.5 Å². The van der Waals surface area contributed by atoms with E-state index in [9.17, 15) is 4.79 Å². The second-order valence-corrected chi connectivity index (χ2v) is 10.2. The molecule has 9 nitrogen and oxygen atoms in total. The monoisotopic (exact) mass is 525 g/mol. The highest BCUT2D eigenvalue weighted by Gasteiger charge is 2.28. The summed E-state index contributed by atoms with van der Waals surface area (Å²) in [6, 6.07) is 17.8. The van der Waals surface area contributed by atoms with Crippen LogP contribution in [-0.2, 0) is 4.79 Å². The number of nitrogen functional groups attached to an aromatic ring is 1. The highest BCUT2D eigenvalue weighted by atomic mass is 16.5. The first-order chi connectivity index (χ1) is 18.9. The molecular weight excluding hydrogens is 490 g/mol. The van der Waals surface area contributed by atoms with Crippen LogP contribution >= 0.6 is 0 Å². The van der Waals surface area contributed by atoms with Crippen LogP contribution in [0.1, 0.15) is 32.7 Å². The molecule has 2 aromatic carbocycles. The molecule has 39 heavy (non-hydrogen) atoms. The SMILES string of the molecule is CC(C)N(C)C/C=C/C(=O)N1CCCC(n2nc(-c3ccc(Oc4ccccc4)cc3)c3c(N)ncnc32)C1. The minimum Gasteiger partial charge on any atom is -0.457 e. The standard InChI is InChI=1S/C30H35N7O2/c1-21(2)35(3)17-8-12-26(38)36-18-7-9-23(19-36)37-30-27(29(31)32-20-33-30)28(34-37)22-13-15-25(16-14-22)39-24-10-5-4-6-11-24/h4-6,8,10-16,20-21,23H,7,9,17-19H2,1-3H3,(H2,31,32,33)/b12-8+. The molecule has 1 fully saturated rings. The van der Waals surface area contributed by atoms with Crippen molar-refractivity contribution in [2.45, 2.75) is 38.8 Å². The van der Waals surface area contributed by atoms with Crippen LogP contribution in [0.3, 0.4) is 0 Å². The minimum atomic E-state index is -0.0133. The Bertz CT molecular complexity index is 1450. The van der Waals surface area contributed by atoms with Crippen molar-refractivity contribution in [1.29, 1.82) is 0 Å². The normalized spacial score (nSPS) is 16.0. The van der Waals surface area contributed by atoms with Gasteiger partial charge in [-0.15, -0.1) is 0 Å². The van der Waals surface area contributed by atoms with Crippen molar-refractivity contribution >= 4 is 22.8 Å². The number of carbonyl (C=O) groups is 1. The van der Waals surface area contributed by atoms with Crippen molar-refractivity contribution < 1.29 is 9.53 Å². The second-order valence-electron chi connectivity index (χ2n) is 10.2. The van der Waals surface area contributed by atoms with Crippen LogP contribution in [0.4, 0.5) is 5.82 Å². The van der Waals surface area contributed by atoms with Crippen LogP contribution in [0.15, 0.2) is 73.1 Å². The third-order valence-electron chi connectivity index (χ3n) is 7.21. The zero-order valence-electron chi connectivity index (χ0n) is 22.7. The van der Waals surface area contributed by atoms with E-state index >= 15 is 0 Å². The average molecular weight is 526 g/mol. The molecule has 3 heterocycles. The van der Waals surface area contributed by atoms with Crippen molar-refractivity contribution in [2.24, 2.45) is 0 Å². The smallest absolute Gasteiger partial charge is 0.246 e. The molecule has 1 atom stereocenters. The van der Waals surface area contributed by atoms with Crippen LogP contribution in [0.2, 0.25) is 0 Å². The first kappa shape index (κ1) is 26.4. The van der Waals surface area contributed by atoms with E-state index in [1.807, 2.05) is 77.3 Å². The van der Waals surface area contributed by atoms with Gasteiger partial charge in [0.15, 0.2) is 5.65 Å². The summed E-state index contributed by atoms with van der Waals surface area (Å²) in [6.07, 6.45) is 6.88. The van der Waals surface area contributed by atoms with E-state index in [2.05, 4.69) is 28.7 Å². The molecule has 0 aliphatic carbocycles. The molecule has 1 saturated heterocycles. The van der Waals surface area contributed by atoms with Gasteiger partial charge in [-0.05, 0) is 70.1 Å². The van der Waals surface area contributed by atoms with Gasteiger partial charge in [0.1, 0.15) is 29.3 Å². The number of likely N-dealkylation sites (tertiary alicyclic amines) is 1. The largest absolute Gasteiger partial charge is 0.457 e. The Morgan fingerprint density at radius 2 is 1.87 bits per heavy atom. The number of aromatic nitrogens is 4. The summed E-state index contributed by atoms with van der Waals surface area (Å²) in [6.45, 7) is 6.30. The fourth-order valence-electron chi connectivity index (χ4n) is 4.75. The average Bonchev–Trinajstić information content (AvgIpc) is 3.35. The van der Waals surface area contributed by atoms with Crippen LogP contribution in [-0.4, -0.2) is 68.2 Å².